The van der Waals surface area contributed by atoms with Crippen LogP contribution in [0.5, 0.6) is 0 Å². The van der Waals surface area contributed by atoms with E-state index in [1.165, 1.54) is 6.07 Å². The molecule has 0 aromatic heterocycles. The van der Waals surface area contributed by atoms with Crippen molar-refractivity contribution < 1.29 is 18.3 Å². The summed E-state index contributed by atoms with van der Waals surface area (Å²) in [6.45, 7) is 0. The van der Waals surface area contributed by atoms with Crippen LogP contribution in [0.25, 0.3) is 0 Å². The molecule has 1 aromatic rings. The van der Waals surface area contributed by atoms with Crippen LogP contribution in [0.2, 0.25) is 0 Å². The Balaban J connectivity index is 2.04. The van der Waals surface area contributed by atoms with Gasteiger partial charge in [0, 0.05) is 40.0 Å². The molecule has 1 aliphatic rings. The molecule has 0 radical (unpaired) electrons. The number of amides is 1. The molecule has 1 amide bonds. The molecule has 1 heterocycles. The maximum absolute atomic E-state index is 13.4. The Morgan fingerprint density at radius 3 is 2.60 bits per heavy atom. The molecule has 0 saturated carbocycles. The number of halogens is 1. The van der Waals surface area contributed by atoms with Gasteiger partial charge in [0.25, 0.3) is 5.91 Å². The Labute approximate surface area is 117 Å². The molecule has 8 heteroatoms. The average Bonchev–Trinajstić information content (AvgIpc) is 2.40. The van der Waals surface area contributed by atoms with Gasteiger partial charge in [0.15, 0.2) is 0 Å². The zero-order valence-corrected chi connectivity index (χ0v) is 11.3. The molecule has 1 N–H and O–H groups in total. The van der Waals surface area contributed by atoms with E-state index in [0.29, 0.717) is 24.3 Å². The van der Waals surface area contributed by atoms with Crippen molar-refractivity contribution in [3.05, 3.63) is 39.7 Å². The van der Waals surface area contributed by atoms with Gasteiger partial charge in [0.2, 0.25) is 5.82 Å². The van der Waals surface area contributed by atoms with E-state index >= 15 is 0 Å². The summed E-state index contributed by atoms with van der Waals surface area (Å²) in [5.41, 5.74) is -0.616. The van der Waals surface area contributed by atoms with Crippen LogP contribution in [0, 0.1) is 15.9 Å². The van der Waals surface area contributed by atoms with Gasteiger partial charge in [-0.3, -0.25) is 19.1 Å². The minimum absolute atomic E-state index is 0.0415. The fraction of sp³-hybridized carbons (Fsp3) is 0.417. The molecule has 108 valence electrons. The van der Waals surface area contributed by atoms with Crippen molar-refractivity contribution in [1.82, 2.24) is 5.32 Å². The molecular formula is C12H13FN2O4S. The van der Waals surface area contributed by atoms with Crippen LogP contribution < -0.4 is 5.32 Å². The average molecular weight is 300 g/mol. The smallest absolute Gasteiger partial charge is 0.304 e. The van der Waals surface area contributed by atoms with Crippen molar-refractivity contribution in [1.29, 1.82) is 0 Å². The van der Waals surface area contributed by atoms with Crippen LogP contribution in [0.3, 0.4) is 0 Å². The summed E-state index contributed by atoms with van der Waals surface area (Å²) < 4.78 is 24.6. The minimum Gasteiger partial charge on any atom is -0.349 e. The van der Waals surface area contributed by atoms with Crippen molar-refractivity contribution in [2.24, 2.45) is 0 Å². The largest absolute Gasteiger partial charge is 0.349 e. The maximum atomic E-state index is 13.4. The van der Waals surface area contributed by atoms with Gasteiger partial charge in [0.1, 0.15) is 0 Å². The molecular weight excluding hydrogens is 287 g/mol. The Bertz CT molecular complexity index is 569. The summed E-state index contributed by atoms with van der Waals surface area (Å²) in [5.74, 6) is -0.428. The number of hydrogen-bond acceptors (Lipinski definition) is 4. The number of nitro groups is 1. The Hall–Kier alpha value is -1.83. The summed E-state index contributed by atoms with van der Waals surface area (Å²) in [4.78, 5) is 21.6. The standard InChI is InChI=1S/C12H13FN2O4S/c13-10-7-8(1-2-11(10)15(17)18)12(16)14-9-3-5-20(19)6-4-9/h1-2,7,9H,3-6H2,(H,14,16). The lowest BCUT2D eigenvalue weighted by molar-refractivity contribution is -0.387. The molecule has 0 unspecified atom stereocenters. The van der Waals surface area contributed by atoms with Gasteiger partial charge in [-0.25, -0.2) is 0 Å². The number of carbonyl (C=O) groups is 1. The van der Waals surface area contributed by atoms with Gasteiger partial charge in [-0.15, -0.1) is 0 Å². The summed E-state index contributed by atoms with van der Waals surface area (Å²) in [6, 6.07) is 2.96. The number of nitro benzene ring substituents is 1. The minimum atomic E-state index is -1.03. The molecule has 0 atom stereocenters. The van der Waals surface area contributed by atoms with Crippen molar-refractivity contribution in [2.75, 3.05) is 11.5 Å². The van der Waals surface area contributed by atoms with Crippen LogP contribution in [0.4, 0.5) is 10.1 Å². The Morgan fingerprint density at radius 1 is 1.40 bits per heavy atom. The number of benzene rings is 1. The predicted octanol–water partition coefficient (Wildman–Crippen LogP) is 1.37. The maximum Gasteiger partial charge on any atom is 0.304 e. The van der Waals surface area contributed by atoms with E-state index in [2.05, 4.69) is 5.32 Å². The lowest BCUT2D eigenvalue weighted by Gasteiger charge is -2.22. The van der Waals surface area contributed by atoms with Gasteiger partial charge in [-0.2, -0.15) is 4.39 Å². The highest BCUT2D eigenvalue weighted by Gasteiger charge is 2.21. The Morgan fingerprint density at radius 2 is 2.05 bits per heavy atom. The molecule has 1 aromatic carbocycles. The lowest BCUT2D eigenvalue weighted by atomic mass is 10.1. The van der Waals surface area contributed by atoms with Gasteiger partial charge in [0.05, 0.1) is 4.92 Å². The fourth-order valence-corrected chi connectivity index (χ4v) is 3.30. The van der Waals surface area contributed by atoms with Gasteiger partial charge in [-0.1, -0.05) is 0 Å². The highest BCUT2D eigenvalue weighted by molar-refractivity contribution is 7.85. The first-order valence-corrected chi connectivity index (χ1v) is 7.56. The second kappa shape index (κ2) is 6.08. The first kappa shape index (κ1) is 14.6. The van der Waals surface area contributed by atoms with E-state index in [1.54, 1.807) is 0 Å². The first-order valence-electron chi connectivity index (χ1n) is 6.07. The molecule has 0 bridgehead atoms. The molecule has 1 aliphatic heterocycles. The predicted molar refractivity (Wildman–Crippen MR) is 71.4 cm³/mol. The van der Waals surface area contributed by atoms with E-state index in [4.69, 9.17) is 0 Å². The second-order valence-corrected chi connectivity index (χ2v) is 6.22. The number of nitrogens with zero attached hydrogens (tertiary/aromatic N) is 1. The Kier molecular flexibility index (Phi) is 4.43. The van der Waals surface area contributed by atoms with Gasteiger partial charge in [-0.05, 0) is 25.0 Å². The zero-order chi connectivity index (χ0) is 14.7. The van der Waals surface area contributed by atoms with Crippen molar-refractivity contribution in [2.45, 2.75) is 18.9 Å². The number of nitrogens with one attached hydrogen (secondary N) is 1. The van der Waals surface area contributed by atoms with E-state index in [0.717, 1.165) is 12.1 Å². The zero-order valence-electron chi connectivity index (χ0n) is 10.5. The summed E-state index contributed by atoms with van der Waals surface area (Å²) in [7, 11) is -0.819. The molecule has 6 nitrogen and oxygen atoms in total. The molecule has 20 heavy (non-hydrogen) atoms. The number of rotatable bonds is 3. The second-order valence-electron chi connectivity index (χ2n) is 4.52. The highest BCUT2D eigenvalue weighted by Crippen LogP contribution is 2.18. The highest BCUT2D eigenvalue weighted by atomic mass is 32.2. The van der Waals surface area contributed by atoms with E-state index < -0.39 is 33.1 Å². The van der Waals surface area contributed by atoms with Crippen molar-refractivity contribution in [3.8, 4) is 0 Å². The van der Waals surface area contributed by atoms with Gasteiger partial charge >= 0.3 is 5.69 Å². The van der Waals surface area contributed by atoms with E-state index in [9.17, 15) is 23.5 Å². The van der Waals surface area contributed by atoms with Crippen LogP contribution in [-0.4, -0.2) is 32.6 Å². The molecule has 0 aliphatic carbocycles. The number of carbonyl (C=O) groups excluding carboxylic acids is 1. The third-order valence-corrected chi connectivity index (χ3v) is 4.51. The van der Waals surface area contributed by atoms with Crippen LogP contribution in [0.1, 0.15) is 23.2 Å². The van der Waals surface area contributed by atoms with E-state index in [-0.39, 0.29) is 11.6 Å². The number of hydrogen-bond donors (Lipinski definition) is 1. The topological polar surface area (TPSA) is 89.3 Å². The normalized spacial score (nSPS) is 22.2. The molecule has 0 spiro atoms. The van der Waals surface area contributed by atoms with Crippen molar-refractivity contribution >= 4 is 22.4 Å². The SMILES string of the molecule is O=C(NC1CCS(=O)CC1)c1ccc([N+](=O)[O-])c(F)c1. The summed E-state index contributed by atoms with van der Waals surface area (Å²) >= 11 is 0. The fourth-order valence-electron chi connectivity index (χ4n) is 2.00. The molecule has 1 saturated heterocycles. The van der Waals surface area contributed by atoms with Crippen LogP contribution >= 0.6 is 0 Å². The third kappa shape index (κ3) is 3.38. The first-order chi connectivity index (χ1) is 9.47. The summed E-state index contributed by atoms with van der Waals surface area (Å²) in [6.07, 6.45) is 1.24. The van der Waals surface area contributed by atoms with Crippen molar-refractivity contribution in [3.63, 3.8) is 0 Å². The van der Waals surface area contributed by atoms with Crippen LogP contribution in [-0.2, 0) is 10.8 Å². The third-order valence-electron chi connectivity index (χ3n) is 3.13. The van der Waals surface area contributed by atoms with Gasteiger partial charge < -0.3 is 5.32 Å². The summed E-state index contributed by atoms with van der Waals surface area (Å²) in [5, 5.41) is 13.2. The molecule has 2 rings (SSSR count). The monoisotopic (exact) mass is 300 g/mol. The lowest BCUT2D eigenvalue weighted by Crippen LogP contribution is -2.39. The quantitative estimate of drug-likeness (QED) is 0.674. The van der Waals surface area contributed by atoms with E-state index in [1.807, 2.05) is 0 Å². The molecule has 1 fully saturated rings. The van der Waals surface area contributed by atoms with Crippen LogP contribution in [0.15, 0.2) is 18.2 Å².